The van der Waals surface area contributed by atoms with E-state index in [1.165, 1.54) is 89.9 Å². The Morgan fingerprint density at radius 3 is 1.71 bits per heavy atom. The Labute approximate surface area is 297 Å². The molecule has 2 rings (SSSR count). The van der Waals surface area contributed by atoms with Crippen molar-refractivity contribution in [2.75, 3.05) is 13.2 Å². The summed E-state index contributed by atoms with van der Waals surface area (Å²) >= 11 is 0. The average Bonchev–Trinajstić information content (AvgIpc) is 3.11. The monoisotopic (exact) mass is 691 g/mol. The van der Waals surface area contributed by atoms with Gasteiger partial charge in [-0.15, -0.1) is 0 Å². The van der Waals surface area contributed by atoms with E-state index < -0.39 is 43.3 Å². The summed E-state index contributed by atoms with van der Waals surface area (Å²) in [4.78, 5) is 28.3. The lowest BCUT2D eigenvalue weighted by atomic mass is 9.95. The second kappa shape index (κ2) is 27.5. The highest BCUT2D eigenvalue weighted by Crippen LogP contribution is 2.26. The molecule has 1 aromatic rings. The lowest BCUT2D eigenvalue weighted by Crippen LogP contribution is -2.68. The SMILES string of the molecule is CCCCCCCCCCCCCCN(C(=O)CCCCCCCCCCC)C1O[C@H](CO)[C@H](O)[C@H](O)[C@H]1NC(=O)OCc1ccccc1. The Hall–Kier alpha value is -2.20. The van der Waals surface area contributed by atoms with Gasteiger partial charge in [0.25, 0.3) is 0 Å². The quantitative estimate of drug-likeness (QED) is 0.0653. The summed E-state index contributed by atoms with van der Waals surface area (Å²) in [5, 5.41) is 34.5. The Morgan fingerprint density at radius 2 is 1.20 bits per heavy atom. The number of nitrogens with one attached hydrogen (secondary N) is 1. The molecular weight excluding hydrogens is 620 g/mol. The summed E-state index contributed by atoms with van der Waals surface area (Å²) in [7, 11) is 0. The first-order chi connectivity index (χ1) is 23.9. The van der Waals surface area contributed by atoms with E-state index in [9.17, 15) is 24.9 Å². The highest BCUT2D eigenvalue weighted by Gasteiger charge is 2.48. The van der Waals surface area contributed by atoms with Crippen LogP contribution in [-0.4, -0.2) is 76.0 Å². The topological polar surface area (TPSA) is 129 Å². The lowest BCUT2D eigenvalue weighted by molar-refractivity contribution is -0.230. The Balaban J connectivity index is 1.99. The van der Waals surface area contributed by atoms with Gasteiger partial charge in [-0.3, -0.25) is 4.79 Å². The molecule has 0 aromatic heterocycles. The summed E-state index contributed by atoms with van der Waals surface area (Å²) in [5.41, 5.74) is 0.805. The van der Waals surface area contributed by atoms with Gasteiger partial charge in [0.05, 0.1) is 6.61 Å². The van der Waals surface area contributed by atoms with Gasteiger partial charge in [0.1, 0.15) is 31.0 Å². The molecule has 1 unspecified atom stereocenters. The molecule has 0 saturated carbocycles. The summed E-state index contributed by atoms with van der Waals surface area (Å²) < 4.78 is 11.5. The number of rotatable bonds is 28. The van der Waals surface area contributed by atoms with Crippen molar-refractivity contribution in [3.05, 3.63) is 35.9 Å². The second-order valence-corrected chi connectivity index (χ2v) is 14.0. The van der Waals surface area contributed by atoms with E-state index in [0.717, 1.165) is 50.5 Å². The highest BCUT2D eigenvalue weighted by atomic mass is 16.6. The van der Waals surface area contributed by atoms with Crippen molar-refractivity contribution in [2.45, 2.75) is 192 Å². The van der Waals surface area contributed by atoms with Crippen LogP contribution < -0.4 is 5.32 Å². The first-order valence-corrected chi connectivity index (χ1v) is 19.8. The normalized spacial score (nSPS) is 20.6. The number of carbonyl (C=O) groups excluding carboxylic acids is 2. The molecule has 9 nitrogen and oxygen atoms in total. The van der Waals surface area contributed by atoms with Gasteiger partial charge >= 0.3 is 6.09 Å². The van der Waals surface area contributed by atoms with Crippen LogP contribution in [0.1, 0.15) is 161 Å². The molecule has 1 fully saturated rings. The second-order valence-electron chi connectivity index (χ2n) is 14.0. The number of unbranched alkanes of at least 4 members (excludes halogenated alkanes) is 19. The van der Waals surface area contributed by atoms with E-state index >= 15 is 0 Å². The van der Waals surface area contributed by atoms with Crippen LogP contribution in [0.5, 0.6) is 0 Å². The van der Waals surface area contributed by atoms with Crippen molar-refractivity contribution in [1.29, 1.82) is 0 Å². The van der Waals surface area contributed by atoms with E-state index in [1.807, 2.05) is 30.3 Å². The molecule has 5 atom stereocenters. The van der Waals surface area contributed by atoms with Crippen molar-refractivity contribution in [2.24, 2.45) is 0 Å². The van der Waals surface area contributed by atoms with Crippen LogP contribution >= 0.6 is 0 Å². The number of aliphatic hydroxyl groups is 3. The number of hydrogen-bond donors (Lipinski definition) is 4. The Morgan fingerprint density at radius 1 is 0.714 bits per heavy atom. The maximum Gasteiger partial charge on any atom is 0.407 e. The third-order valence-electron chi connectivity index (χ3n) is 9.77. The number of carbonyl (C=O) groups is 2. The van der Waals surface area contributed by atoms with Crippen molar-refractivity contribution in [1.82, 2.24) is 10.2 Å². The van der Waals surface area contributed by atoms with Crippen molar-refractivity contribution in [3.8, 4) is 0 Å². The minimum Gasteiger partial charge on any atom is -0.445 e. The molecule has 0 spiro atoms. The molecule has 9 heteroatoms. The fourth-order valence-electron chi connectivity index (χ4n) is 6.67. The van der Waals surface area contributed by atoms with Gasteiger partial charge in [-0.05, 0) is 18.4 Å². The summed E-state index contributed by atoms with van der Waals surface area (Å²) in [6.07, 6.45) is 19.1. The van der Waals surface area contributed by atoms with Crippen molar-refractivity contribution >= 4 is 12.0 Å². The molecule has 1 heterocycles. The van der Waals surface area contributed by atoms with Crippen LogP contribution in [0.3, 0.4) is 0 Å². The van der Waals surface area contributed by atoms with Crippen LogP contribution in [0.4, 0.5) is 4.79 Å². The Kier molecular flexibility index (Phi) is 24.1. The molecule has 1 aromatic carbocycles. The molecule has 1 aliphatic heterocycles. The molecule has 0 aliphatic carbocycles. The van der Waals surface area contributed by atoms with E-state index in [0.29, 0.717) is 13.0 Å². The lowest BCUT2D eigenvalue weighted by Gasteiger charge is -2.46. The summed E-state index contributed by atoms with van der Waals surface area (Å²) in [5.74, 6) is -0.110. The highest BCUT2D eigenvalue weighted by molar-refractivity contribution is 5.76. The van der Waals surface area contributed by atoms with Crippen molar-refractivity contribution in [3.63, 3.8) is 0 Å². The fourth-order valence-corrected chi connectivity index (χ4v) is 6.67. The van der Waals surface area contributed by atoms with Crippen LogP contribution in [0, 0.1) is 0 Å². The van der Waals surface area contributed by atoms with Crippen LogP contribution in [-0.2, 0) is 20.9 Å². The third kappa shape index (κ3) is 18.0. The molecule has 49 heavy (non-hydrogen) atoms. The predicted octanol–water partition coefficient (Wildman–Crippen LogP) is 8.17. The molecule has 282 valence electrons. The van der Waals surface area contributed by atoms with E-state index in [-0.39, 0.29) is 12.5 Å². The zero-order chi connectivity index (χ0) is 35.5. The molecule has 0 bridgehead atoms. The summed E-state index contributed by atoms with van der Waals surface area (Å²) in [6, 6.07) is 8.12. The minimum absolute atomic E-state index is 0.0307. The van der Waals surface area contributed by atoms with Gasteiger partial charge in [0.15, 0.2) is 6.23 Å². The standard InChI is InChI=1S/C40H70N2O7/c1-3-5-7-9-11-13-14-15-17-19-21-26-30-42(35(44)29-25-20-18-16-12-10-8-6-4-2)39-36(38(46)37(45)34(31-43)49-39)41-40(47)48-32-33-27-23-22-24-28-33/h22-24,27-28,34,36-39,43,45-46H,3-21,25-26,29-32H2,1-2H3,(H,41,47)/t34-,36-,37+,38-,39?/m1/s1. The van der Waals surface area contributed by atoms with E-state index in [4.69, 9.17) is 9.47 Å². The van der Waals surface area contributed by atoms with Crippen LogP contribution in [0.25, 0.3) is 0 Å². The number of aliphatic hydroxyl groups excluding tert-OH is 3. The van der Waals surface area contributed by atoms with Gasteiger partial charge in [-0.2, -0.15) is 0 Å². The molecule has 0 radical (unpaired) electrons. The Bertz CT molecular complexity index is 965. The molecular formula is C40H70N2O7. The van der Waals surface area contributed by atoms with Gasteiger partial charge in [-0.25, -0.2) is 4.79 Å². The number of alkyl carbamates (subject to hydrolysis) is 1. The third-order valence-corrected chi connectivity index (χ3v) is 9.77. The van der Waals surface area contributed by atoms with E-state index in [1.54, 1.807) is 4.90 Å². The predicted molar refractivity (Wildman–Crippen MR) is 196 cm³/mol. The maximum absolute atomic E-state index is 13.8. The van der Waals surface area contributed by atoms with Gasteiger partial charge in [0, 0.05) is 13.0 Å². The minimum atomic E-state index is -1.47. The smallest absolute Gasteiger partial charge is 0.407 e. The molecule has 2 amide bonds. The molecule has 4 N–H and O–H groups in total. The number of benzene rings is 1. The van der Waals surface area contributed by atoms with Gasteiger partial charge in [0.2, 0.25) is 5.91 Å². The first-order valence-electron chi connectivity index (χ1n) is 19.8. The number of ether oxygens (including phenoxy) is 2. The van der Waals surface area contributed by atoms with Crippen LogP contribution in [0.2, 0.25) is 0 Å². The maximum atomic E-state index is 13.8. The molecule has 1 aliphatic rings. The zero-order valence-corrected chi connectivity index (χ0v) is 30.9. The fraction of sp³-hybridized carbons (Fsp3) is 0.800. The van der Waals surface area contributed by atoms with E-state index in [2.05, 4.69) is 19.2 Å². The number of hydrogen-bond acceptors (Lipinski definition) is 7. The van der Waals surface area contributed by atoms with Gasteiger partial charge < -0.3 is 35.0 Å². The molecule has 1 saturated heterocycles. The van der Waals surface area contributed by atoms with Gasteiger partial charge in [-0.1, -0.05) is 166 Å². The average molecular weight is 691 g/mol. The first kappa shape index (κ1) is 43.0. The van der Waals surface area contributed by atoms with Crippen LogP contribution in [0.15, 0.2) is 30.3 Å². The largest absolute Gasteiger partial charge is 0.445 e. The zero-order valence-electron chi connectivity index (χ0n) is 30.9. The number of nitrogens with zero attached hydrogens (tertiary/aromatic N) is 1. The number of amides is 2. The van der Waals surface area contributed by atoms with Crippen molar-refractivity contribution < 1.29 is 34.4 Å². The summed E-state index contributed by atoms with van der Waals surface area (Å²) in [6.45, 7) is 4.37.